The summed E-state index contributed by atoms with van der Waals surface area (Å²) >= 11 is 0. The lowest BCUT2D eigenvalue weighted by Gasteiger charge is -2.39. The second-order valence-corrected chi connectivity index (χ2v) is 14.0. The van der Waals surface area contributed by atoms with E-state index in [1.54, 1.807) is 11.8 Å². The third-order valence-electron chi connectivity index (χ3n) is 9.46. The first-order chi connectivity index (χ1) is 22.0. The number of rotatable bonds is 7. The molecule has 46 heavy (non-hydrogen) atoms. The molecule has 0 aliphatic carbocycles. The van der Waals surface area contributed by atoms with Gasteiger partial charge in [-0.3, -0.25) is 10.1 Å². The van der Waals surface area contributed by atoms with Gasteiger partial charge in [-0.05, 0) is 105 Å². The smallest absolute Gasteiger partial charge is 0.324 e. The number of fused-ring (bicyclic) bond motifs is 2. The van der Waals surface area contributed by atoms with Gasteiger partial charge < -0.3 is 15.0 Å². The number of aryl methyl sites for hydroxylation is 2. The van der Waals surface area contributed by atoms with Gasteiger partial charge in [-0.2, -0.15) is 5.10 Å². The van der Waals surface area contributed by atoms with E-state index in [4.69, 9.17) is 9.84 Å². The van der Waals surface area contributed by atoms with Crippen LogP contribution in [0.5, 0.6) is 5.75 Å². The molecule has 2 saturated heterocycles. The van der Waals surface area contributed by atoms with Gasteiger partial charge in [0, 0.05) is 34.8 Å². The van der Waals surface area contributed by atoms with Crippen LogP contribution in [0.25, 0.3) is 5.69 Å². The number of piperidine rings is 1. The molecule has 3 aromatic carbocycles. The van der Waals surface area contributed by atoms with Crippen LogP contribution in [0.1, 0.15) is 79.2 Å². The maximum atomic E-state index is 13.6. The topological polar surface area (TPSA) is 88.5 Å². The van der Waals surface area contributed by atoms with Crippen molar-refractivity contribution in [3.8, 4) is 11.4 Å². The van der Waals surface area contributed by atoms with Gasteiger partial charge in [0.25, 0.3) is 5.91 Å². The lowest BCUT2D eigenvalue weighted by molar-refractivity contribution is 0.0524. The molecule has 4 aromatic rings. The number of benzene rings is 3. The number of hydrogen-bond acceptors (Lipinski definition) is 4. The number of nitrogens with one attached hydrogen (secondary N) is 2. The fourth-order valence-corrected chi connectivity index (χ4v) is 6.99. The zero-order chi connectivity index (χ0) is 32.6. The maximum absolute atomic E-state index is 13.6. The van der Waals surface area contributed by atoms with Crippen molar-refractivity contribution < 1.29 is 14.3 Å². The number of amides is 3. The van der Waals surface area contributed by atoms with Crippen LogP contribution < -0.4 is 15.4 Å². The highest BCUT2D eigenvalue weighted by Crippen LogP contribution is 2.41. The monoisotopic (exact) mass is 619 g/mol. The summed E-state index contributed by atoms with van der Waals surface area (Å²) in [6, 6.07) is 24.1. The zero-order valence-electron chi connectivity index (χ0n) is 27.8. The minimum Gasteiger partial charge on any atom is -0.497 e. The summed E-state index contributed by atoms with van der Waals surface area (Å²) < 4.78 is 7.12. The van der Waals surface area contributed by atoms with E-state index in [0.29, 0.717) is 11.7 Å². The summed E-state index contributed by atoms with van der Waals surface area (Å²) in [6.07, 6.45) is 5.14. The zero-order valence-corrected chi connectivity index (χ0v) is 27.8. The van der Waals surface area contributed by atoms with E-state index in [-0.39, 0.29) is 29.4 Å². The first-order valence-corrected chi connectivity index (χ1v) is 16.3. The standard InChI is InChI=1S/C38H45N5O3/c1-24-7-13-29(14-8-24)43-35(23-34(41-43)38(3,4)5)40-37(45)39-28-11-9-26(10-12-28)20-27-21-30-15-16-31(22-27)42(30)36(44)33-18-17-32(46-6)19-25(33)2/h7-14,17-19,23,27,30-31H,15-16,20-22H2,1-6H3,(H2,39,40,45). The Morgan fingerprint density at radius 2 is 1.57 bits per heavy atom. The lowest BCUT2D eigenvalue weighted by atomic mass is 9.85. The van der Waals surface area contributed by atoms with Crippen LogP contribution in [-0.4, -0.2) is 45.8 Å². The maximum Gasteiger partial charge on any atom is 0.324 e. The van der Waals surface area contributed by atoms with Crippen molar-refractivity contribution in [1.82, 2.24) is 14.7 Å². The number of carbonyl (C=O) groups excluding carboxylic acids is 2. The minimum absolute atomic E-state index is 0.149. The molecule has 2 N–H and O–H groups in total. The summed E-state index contributed by atoms with van der Waals surface area (Å²) in [4.78, 5) is 28.8. The molecule has 2 fully saturated rings. The third-order valence-corrected chi connectivity index (χ3v) is 9.46. The minimum atomic E-state index is -0.317. The fraction of sp³-hybridized carbons (Fsp3) is 0.395. The Morgan fingerprint density at radius 3 is 2.17 bits per heavy atom. The van der Waals surface area contributed by atoms with E-state index in [1.807, 2.05) is 74.5 Å². The summed E-state index contributed by atoms with van der Waals surface area (Å²) in [5, 5.41) is 10.8. The molecule has 2 bridgehead atoms. The highest BCUT2D eigenvalue weighted by Gasteiger charge is 2.43. The number of nitrogens with zero attached hydrogens (tertiary/aromatic N) is 3. The first kappa shape index (κ1) is 31.4. The number of aromatic nitrogens is 2. The first-order valence-electron chi connectivity index (χ1n) is 16.3. The van der Waals surface area contributed by atoms with Crippen LogP contribution in [0.4, 0.5) is 16.3 Å². The van der Waals surface area contributed by atoms with Crippen LogP contribution >= 0.6 is 0 Å². The molecule has 0 radical (unpaired) electrons. The molecule has 0 saturated carbocycles. The molecule has 3 heterocycles. The van der Waals surface area contributed by atoms with Gasteiger partial charge in [0.15, 0.2) is 0 Å². The number of anilines is 2. The molecule has 2 atom stereocenters. The molecule has 0 spiro atoms. The van der Waals surface area contributed by atoms with Crippen LogP contribution in [0.3, 0.4) is 0 Å². The van der Waals surface area contributed by atoms with Gasteiger partial charge in [-0.1, -0.05) is 50.6 Å². The molecule has 2 unspecified atom stereocenters. The van der Waals surface area contributed by atoms with Crippen molar-refractivity contribution in [3.63, 3.8) is 0 Å². The normalized spacial score (nSPS) is 19.2. The predicted molar refractivity (Wildman–Crippen MR) is 183 cm³/mol. The van der Waals surface area contributed by atoms with Gasteiger partial charge in [0.2, 0.25) is 0 Å². The molecule has 2 aliphatic heterocycles. The lowest BCUT2D eigenvalue weighted by Crippen LogP contribution is -2.47. The van der Waals surface area contributed by atoms with E-state index >= 15 is 0 Å². The van der Waals surface area contributed by atoms with Crippen molar-refractivity contribution in [2.45, 2.75) is 84.2 Å². The van der Waals surface area contributed by atoms with Gasteiger partial charge in [-0.25, -0.2) is 9.48 Å². The summed E-state index contributed by atoms with van der Waals surface area (Å²) in [5.41, 5.74) is 6.49. The highest BCUT2D eigenvalue weighted by molar-refractivity contribution is 5.99. The number of hydrogen-bond donors (Lipinski definition) is 2. The Hall–Kier alpha value is -4.59. The quantitative estimate of drug-likeness (QED) is 0.219. The Morgan fingerprint density at radius 1 is 0.891 bits per heavy atom. The molecule has 240 valence electrons. The predicted octanol–water partition coefficient (Wildman–Crippen LogP) is 8.07. The van der Waals surface area contributed by atoms with Crippen molar-refractivity contribution in [1.29, 1.82) is 0 Å². The van der Waals surface area contributed by atoms with Crippen molar-refractivity contribution in [2.75, 3.05) is 17.7 Å². The molecule has 1 aromatic heterocycles. The second kappa shape index (κ2) is 12.7. The van der Waals surface area contributed by atoms with Gasteiger partial charge in [0.05, 0.1) is 18.5 Å². The number of methoxy groups -OCH3 is 1. The van der Waals surface area contributed by atoms with Crippen LogP contribution in [0.15, 0.2) is 72.8 Å². The molecule has 8 heteroatoms. The van der Waals surface area contributed by atoms with Gasteiger partial charge in [-0.15, -0.1) is 0 Å². The fourth-order valence-electron chi connectivity index (χ4n) is 6.99. The van der Waals surface area contributed by atoms with E-state index in [9.17, 15) is 9.59 Å². The molecule has 6 rings (SSSR count). The Bertz CT molecular complexity index is 1700. The molecular formula is C38H45N5O3. The van der Waals surface area contributed by atoms with E-state index in [1.165, 1.54) is 5.56 Å². The average molecular weight is 620 g/mol. The van der Waals surface area contributed by atoms with Gasteiger partial charge >= 0.3 is 6.03 Å². The average Bonchev–Trinajstić information content (AvgIpc) is 3.56. The van der Waals surface area contributed by atoms with Crippen LogP contribution in [0, 0.1) is 19.8 Å². The van der Waals surface area contributed by atoms with Crippen molar-refractivity contribution in [2.24, 2.45) is 5.92 Å². The third kappa shape index (κ3) is 6.66. The number of urea groups is 1. The summed E-state index contributed by atoms with van der Waals surface area (Å²) in [7, 11) is 1.65. The highest BCUT2D eigenvalue weighted by atomic mass is 16.5. The molecule has 3 amide bonds. The Labute approximate surface area is 272 Å². The number of ether oxygens (including phenoxy) is 1. The second-order valence-electron chi connectivity index (χ2n) is 14.0. The van der Waals surface area contributed by atoms with Crippen molar-refractivity contribution >= 4 is 23.4 Å². The number of carbonyl (C=O) groups is 2. The Kier molecular flexibility index (Phi) is 8.64. The van der Waals surface area contributed by atoms with E-state index in [2.05, 4.69) is 48.4 Å². The van der Waals surface area contributed by atoms with E-state index in [0.717, 1.165) is 71.6 Å². The largest absolute Gasteiger partial charge is 0.497 e. The molecule has 8 nitrogen and oxygen atoms in total. The van der Waals surface area contributed by atoms with Crippen molar-refractivity contribution in [3.05, 3.63) is 101 Å². The summed E-state index contributed by atoms with van der Waals surface area (Å²) in [5.74, 6) is 2.07. The SMILES string of the molecule is COc1ccc(C(=O)N2C3CCC2CC(Cc2ccc(NC(=O)Nc4cc(C(C)(C)C)nn4-c4ccc(C)cc4)cc2)C3)c(C)c1. The van der Waals surface area contributed by atoms with Crippen LogP contribution in [0.2, 0.25) is 0 Å². The summed E-state index contributed by atoms with van der Waals surface area (Å²) in [6.45, 7) is 10.4. The molecule has 2 aliphatic rings. The molecular weight excluding hydrogens is 574 g/mol. The van der Waals surface area contributed by atoms with E-state index < -0.39 is 0 Å². The Balaban J connectivity index is 1.07. The van der Waals surface area contributed by atoms with Gasteiger partial charge in [0.1, 0.15) is 11.6 Å². The van der Waals surface area contributed by atoms with Crippen LogP contribution in [-0.2, 0) is 11.8 Å².